The van der Waals surface area contributed by atoms with Crippen molar-refractivity contribution in [2.24, 2.45) is 0 Å². The van der Waals surface area contributed by atoms with Crippen LogP contribution >= 0.6 is 0 Å². The molecular weight excluding hydrogens is 264 g/mol. The van der Waals surface area contributed by atoms with Crippen LogP contribution in [0.1, 0.15) is 20.7 Å². The number of hydrogen-bond acceptors (Lipinski definition) is 5. The van der Waals surface area contributed by atoms with Gasteiger partial charge in [0.25, 0.3) is 5.91 Å². The molecule has 0 saturated carbocycles. The molecule has 102 valence electrons. The van der Waals surface area contributed by atoms with Crippen molar-refractivity contribution in [3.63, 3.8) is 0 Å². The van der Waals surface area contributed by atoms with Gasteiger partial charge < -0.3 is 20.6 Å². The van der Waals surface area contributed by atoms with Crippen molar-refractivity contribution in [3.8, 4) is 11.5 Å². The number of amides is 1. The van der Waals surface area contributed by atoms with E-state index in [-0.39, 0.29) is 28.3 Å². The van der Waals surface area contributed by atoms with E-state index in [1.54, 1.807) is 0 Å². The summed E-state index contributed by atoms with van der Waals surface area (Å²) in [5.74, 6) is -2.48. The zero-order chi connectivity index (χ0) is 14.7. The van der Waals surface area contributed by atoms with E-state index in [2.05, 4.69) is 10.3 Å². The third-order valence-electron chi connectivity index (χ3n) is 2.54. The zero-order valence-corrected chi connectivity index (χ0v) is 10.1. The fourth-order valence-electron chi connectivity index (χ4n) is 1.54. The summed E-state index contributed by atoms with van der Waals surface area (Å²) in [7, 11) is 0. The second-order valence-electron chi connectivity index (χ2n) is 3.88. The van der Waals surface area contributed by atoms with Gasteiger partial charge in [-0.25, -0.2) is 4.79 Å². The van der Waals surface area contributed by atoms with Crippen molar-refractivity contribution in [2.45, 2.75) is 0 Å². The molecule has 0 aliphatic heterocycles. The number of aromatic carboxylic acids is 1. The van der Waals surface area contributed by atoms with Gasteiger partial charge in [0, 0.05) is 6.20 Å². The van der Waals surface area contributed by atoms with E-state index in [0.29, 0.717) is 0 Å². The number of nitrogens with one attached hydrogen (secondary N) is 1. The lowest BCUT2D eigenvalue weighted by Crippen LogP contribution is -2.13. The number of carbonyl (C=O) groups is 2. The molecule has 0 radical (unpaired) electrons. The van der Waals surface area contributed by atoms with Crippen LogP contribution in [0.4, 0.5) is 5.69 Å². The minimum atomic E-state index is -1.19. The van der Waals surface area contributed by atoms with E-state index in [0.717, 1.165) is 18.3 Å². The number of anilines is 1. The maximum absolute atomic E-state index is 11.9. The number of benzene rings is 1. The molecule has 0 saturated heterocycles. The van der Waals surface area contributed by atoms with E-state index in [4.69, 9.17) is 5.11 Å². The topological polar surface area (TPSA) is 120 Å². The van der Waals surface area contributed by atoms with Crippen LogP contribution in [0, 0.1) is 0 Å². The quantitative estimate of drug-likeness (QED) is 0.629. The summed E-state index contributed by atoms with van der Waals surface area (Å²) in [6, 6.07) is 4.78. The molecule has 1 amide bonds. The summed E-state index contributed by atoms with van der Waals surface area (Å²) in [6.45, 7) is 0. The average molecular weight is 274 g/mol. The SMILES string of the molecule is O=C(O)c1ccc(O)c(NC(=O)c2ccncc2O)c1. The molecule has 0 aliphatic carbocycles. The number of hydrogen-bond donors (Lipinski definition) is 4. The summed E-state index contributed by atoms with van der Waals surface area (Å²) < 4.78 is 0. The van der Waals surface area contributed by atoms with Gasteiger partial charge in [0.05, 0.1) is 23.0 Å². The zero-order valence-electron chi connectivity index (χ0n) is 10.1. The highest BCUT2D eigenvalue weighted by Crippen LogP contribution is 2.25. The van der Waals surface area contributed by atoms with Gasteiger partial charge in [0.2, 0.25) is 0 Å². The molecule has 7 nitrogen and oxygen atoms in total. The molecule has 20 heavy (non-hydrogen) atoms. The first kappa shape index (κ1) is 13.3. The summed E-state index contributed by atoms with van der Waals surface area (Å²) in [6.07, 6.45) is 2.42. The second-order valence-corrected chi connectivity index (χ2v) is 3.88. The predicted molar refractivity (Wildman–Crippen MR) is 68.9 cm³/mol. The number of aromatic nitrogens is 1. The fraction of sp³-hybridized carbons (Fsp3) is 0. The van der Waals surface area contributed by atoms with Gasteiger partial charge in [0.15, 0.2) is 0 Å². The van der Waals surface area contributed by atoms with Gasteiger partial charge in [-0.15, -0.1) is 0 Å². The second kappa shape index (κ2) is 5.27. The first-order valence-electron chi connectivity index (χ1n) is 5.49. The molecular formula is C13H10N2O5. The molecule has 0 unspecified atom stereocenters. The van der Waals surface area contributed by atoms with E-state index in [1.807, 2.05) is 0 Å². The van der Waals surface area contributed by atoms with Crippen molar-refractivity contribution in [1.82, 2.24) is 4.98 Å². The molecule has 1 aromatic carbocycles. The lowest BCUT2D eigenvalue weighted by Gasteiger charge is -2.09. The molecule has 0 spiro atoms. The summed E-state index contributed by atoms with van der Waals surface area (Å²) in [5, 5.41) is 30.3. The Morgan fingerprint density at radius 3 is 2.50 bits per heavy atom. The minimum Gasteiger partial charge on any atom is -0.506 e. The number of pyridine rings is 1. The highest BCUT2D eigenvalue weighted by atomic mass is 16.4. The largest absolute Gasteiger partial charge is 0.506 e. The van der Waals surface area contributed by atoms with Crippen molar-refractivity contribution in [1.29, 1.82) is 0 Å². The Morgan fingerprint density at radius 1 is 1.10 bits per heavy atom. The maximum Gasteiger partial charge on any atom is 0.335 e. The van der Waals surface area contributed by atoms with Crippen LogP contribution < -0.4 is 5.32 Å². The highest BCUT2D eigenvalue weighted by Gasteiger charge is 2.14. The van der Waals surface area contributed by atoms with Gasteiger partial charge in [0.1, 0.15) is 11.5 Å². The lowest BCUT2D eigenvalue weighted by molar-refractivity contribution is 0.0696. The molecule has 0 atom stereocenters. The number of nitrogens with zero attached hydrogens (tertiary/aromatic N) is 1. The molecule has 7 heteroatoms. The van der Waals surface area contributed by atoms with Crippen LogP contribution in [0.25, 0.3) is 0 Å². The molecule has 1 heterocycles. The standard InChI is InChI=1S/C13H10N2O5/c16-10-2-1-7(13(19)20)5-9(10)15-12(18)8-3-4-14-6-11(8)17/h1-6,16-17H,(H,15,18)(H,19,20). The Balaban J connectivity index is 2.30. The van der Waals surface area contributed by atoms with Crippen LogP contribution in [-0.2, 0) is 0 Å². The summed E-state index contributed by atoms with van der Waals surface area (Å²) >= 11 is 0. The van der Waals surface area contributed by atoms with Crippen LogP contribution in [0.3, 0.4) is 0 Å². The minimum absolute atomic E-state index is 0.0415. The van der Waals surface area contributed by atoms with Gasteiger partial charge in [-0.05, 0) is 24.3 Å². The Bertz CT molecular complexity index is 684. The van der Waals surface area contributed by atoms with Crippen LogP contribution in [0.2, 0.25) is 0 Å². The monoisotopic (exact) mass is 274 g/mol. The molecule has 4 N–H and O–H groups in total. The number of carboxylic acids is 1. The molecule has 0 bridgehead atoms. The number of rotatable bonds is 3. The Morgan fingerprint density at radius 2 is 1.85 bits per heavy atom. The van der Waals surface area contributed by atoms with Crippen LogP contribution in [0.5, 0.6) is 11.5 Å². The van der Waals surface area contributed by atoms with Gasteiger partial charge in [-0.2, -0.15) is 0 Å². The maximum atomic E-state index is 11.9. The first-order chi connectivity index (χ1) is 9.49. The molecule has 0 fully saturated rings. The normalized spacial score (nSPS) is 10.0. The molecule has 2 rings (SSSR count). The number of carbonyl (C=O) groups excluding carboxylic acids is 1. The van der Waals surface area contributed by atoms with E-state index < -0.39 is 11.9 Å². The van der Waals surface area contributed by atoms with Crippen LogP contribution in [0.15, 0.2) is 36.7 Å². The molecule has 0 aliphatic rings. The van der Waals surface area contributed by atoms with Gasteiger partial charge in [-0.1, -0.05) is 0 Å². The third kappa shape index (κ3) is 2.66. The van der Waals surface area contributed by atoms with Crippen molar-refractivity contribution < 1.29 is 24.9 Å². The number of phenols is 1. The average Bonchev–Trinajstić information content (AvgIpc) is 2.41. The highest BCUT2D eigenvalue weighted by molar-refractivity contribution is 6.07. The Labute approximate surface area is 113 Å². The Hall–Kier alpha value is -3.09. The van der Waals surface area contributed by atoms with Crippen molar-refractivity contribution in [3.05, 3.63) is 47.8 Å². The summed E-state index contributed by atoms with van der Waals surface area (Å²) in [4.78, 5) is 26.4. The first-order valence-corrected chi connectivity index (χ1v) is 5.49. The molecule has 2 aromatic rings. The van der Waals surface area contributed by atoms with Gasteiger partial charge >= 0.3 is 5.97 Å². The number of carboxylic acid groups (broad SMARTS) is 1. The fourth-order valence-corrected chi connectivity index (χ4v) is 1.54. The smallest absolute Gasteiger partial charge is 0.335 e. The predicted octanol–water partition coefficient (Wildman–Crippen LogP) is 1.44. The number of phenolic OH excluding ortho intramolecular Hbond substituents is 1. The molecule has 1 aromatic heterocycles. The van der Waals surface area contributed by atoms with E-state index in [9.17, 15) is 19.8 Å². The third-order valence-corrected chi connectivity index (χ3v) is 2.54. The number of aromatic hydroxyl groups is 2. The van der Waals surface area contributed by atoms with Crippen molar-refractivity contribution in [2.75, 3.05) is 5.32 Å². The van der Waals surface area contributed by atoms with Crippen LogP contribution in [-0.4, -0.2) is 32.2 Å². The van der Waals surface area contributed by atoms with E-state index in [1.165, 1.54) is 18.3 Å². The Kier molecular flexibility index (Phi) is 3.52. The van der Waals surface area contributed by atoms with Gasteiger partial charge in [-0.3, -0.25) is 9.78 Å². The van der Waals surface area contributed by atoms with E-state index >= 15 is 0 Å². The lowest BCUT2D eigenvalue weighted by atomic mass is 10.1. The summed E-state index contributed by atoms with van der Waals surface area (Å²) in [5.41, 5.74) is -0.191. The van der Waals surface area contributed by atoms with Crippen molar-refractivity contribution >= 4 is 17.6 Å².